The van der Waals surface area contributed by atoms with Gasteiger partial charge >= 0.3 is 0 Å². The number of carbonyl (C=O) groups excluding carboxylic acids is 2. The summed E-state index contributed by atoms with van der Waals surface area (Å²) in [5.74, 6) is -0.560. The van der Waals surface area contributed by atoms with Crippen molar-refractivity contribution in [3.05, 3.63) is 44.6 Å². The molecule has 1 aliphatic rings. The lowest BCUT2D eigenvalue weighted by Gasteiger charge is -2.35. The first-order chi connectivity index (χ1) is 14.1. The highest BCUT2D eigenvalue weighted by Gasteiger charge is 2.30. The quantitative estimate of drug-likeness (QED) is 0.596. The van der Waals surface area contributed by atoms with Crippen molar-refractivity contribution < 1.29 is 9.59 Å². The number of rotatable bonds is 5. The van der Waals surface area contributed by atoms with Gasteiger partial charge < -0.3 is 15.5 Å². The molecular weight excluding hydrogens is 484 g/mol. The first-order valence-corrected chi connectivity index (χ1v) is 11.6. The number of benzene rings is 1. The zero-order chi connectivity index (χ0) is 22.1. The van der Waals surface area contributed by atoms with E-state index < -0.39 is 5.54 Å². The smallest absolute Gasteiger partial charge is 0.262 e. The van der Waals surface area contributed by atoms with Crippen LogP contribution < -0.4 is 15.5 Å². The highest BCUT2D eigenvalue weighted by atomic mass is 79.9. The van der Waals surface area contributed by atoms with Gasteiger partial charge in [-0.25, -0.2) is 0 Å². The van der Waals surface area contributed by atoms with Crippen LogP contribution in [-0.4, -0.2) is 53.9 Å². The van der Waals surface area contributed by atoms with E-state index in [4.69, 9.17) is 12.2 Å². The molecule has 160 valence electrons. The molecule has 0 bridgehead atoms. The largest absolute Gasteiger partial charge is 0.337 e. The fourth-order valence-electron chi connectivity index (χ4n) is 3.21. The predicted molar refractivity (Wildman–Crippen MR) is 131 cm³/mol. The van der Waals surface area contributed by atoms with Crippen LogP contribution >= 0.6 is 39.5 Å². The van der Waals surface area contributed by atoms with E-state index in [2.05, 4.69) is 43.4 Å². The van der Waals surface area contributed by atoms with Crippen molar-refractivity contribution in [1.29, 1.82) is 0 Å². The van der Waals surface area contributed by atoms with Crippen molar-refractivity contribution >= 4 is 67.7 Å². The lowest BCUT2D eigenvalue weighted by Crippen LogP contribution is -2.52. The Bertz CT molecular complexity index is 989. The molecule has 6 nitrogen and oxygen atoms in total. The Hall–Kier alpha value is -1.81. The summed E-state index contributed by atoms with van der Waals surface area (Å²) in [6, 6.07) is 9.32. The number of hydrogen-bond donors (Lipinski definition) is 2. The van der Waals surface area contributed by atoms with E-state index in [1.54, 1.807) is 19.9 Å². The Kier molecular flexibility index (Phi) is 6.96. The number of aryl methyl sites for hydroxylation is 1. The average Bonchev–Trinajstić information content (AvgIpc) is 3.09. The molecule has 0 radical (unpaired) electrons. The molecule has 1 saturated heterocycles. The minimum atomic E-state index is -1.07. The van der Waals surface area contributed by atoms with Crippen molar-refractivity contribution in [3.8, 4) is 0 Å². The summed E-state index contributed by atoms with van der Waals surface area (Å²) >= 11 is 10.2. The molecule has 1 aromatic heterocycles. The van der Waals surface area contributed by atoms with Gasteiger partial charge in [-0.1, -0.05) is 12.2 Å². The van der Waals surface area contributed by atoms with E-state index in [0.29, 0.717) is 10.6 Å². The van der Waals surface area contributed by atoms with Crippen molar-refractivity contribution in [2.45, 2.75) is 26.3 Å². The van der Waals surface area contributed by atoms with Crippen LogP contribution in [0.1, 0.15) is 29.1 Å². The molecule has 3 rings (SSSR count). The number of hydrogen-bond acceptors (Lipinski definition) is 5. The zero-order valence-electron chi connectivity index (χ0n) is 17.4. The minimum absolute atomic E-state index is 0.277. The molecule has 2 amide bonds. The summed E-state index contributed by atoms with van der Waals surface area (Å²) in [5.41, 5.74) is 1.70. The molecule has 0 spiro atoms. The number of nitrogens with one attached hydrogen (secondary N) is 2. The molecule has 1 aliphatic heterocycles. The van der Waals surface area contributed by atoms with Gasteiger partial charge in [0.1, 0.15) is 5.54 Å². The van der Waals surface area contributed by atoms with E-state index in [1.807, 2.05) is 31.2 Å². The summed E-state index contributed by atoms with van der Waals surface area (Å²) in [7, 11) is 2.06. The van der Waals surface area contributed by atoms with Crippen LogP contribution in [0.3, 0.4) is 0 Å². The Labute approximate surface area is 194 Å². The lowest BCUT2D eigenvalue weighted by molar-refractivity contribution is -0.120. The Morgan fingerprint density at radius 2 is 1.93 bits per heavy atom. The molecule has 2 N–H and O–H groups in total. The van der Waals surface area contributed by atoms with Crippen LogP contribution in [0.25, 0.3) is 0 Å². The van der Waals surface area contributed by atoms with Crippen molar-refractivity contribution in [2.75, 3.05) is 36.9 Å². The van der Waals surface area contributed by atoms with Crippen LogP contribution in [-0.2, 0) is 4.79 Å². The lowest BCUT2D eigenvalue weighted by atomic mass is 10.0. The maximum absolute atomic E-state index is 12.8. The molecule has 1 aromatic carbocycles. The van der Waals surface area contributed by atoms with Gasteiger partial charge in [-0.3, -0.25) is 14.5 Å². The van der Waals surface area contributed by atoms with Gasteiger partial charge in [-0.15, -0.1) is 11.3 Å². The molecule has 2 heterocycles. The summed E-state index contributed by atoms with van der Waals surface area (Å²) in [4.78, 5) is 31.1. The highest BCUT2D eigenvalue weighted by Crippen LogP contribution is 2.26. The second kappa shape index (κ2) is 9.13. The summed E-state index contributed by atoms with van der Waals surface area (Å²) in [5, 5.41) is 5.72. The third-order valence-corrected chi connectivity index (χ3v) is 6.92. The Balaban J connectivity index is 1.68. The zero-order valence-corrected chi connectivity index (χ0v) is 20.6. The average molecular weight is 509 g/mol. The van der Waals surface area contributed by atoms with Crippen molar-refractivity contribution in [1.82, 2.24) is 10.2 Å². The maximum atomic E-state index is 12.8. The van der Waals surface area contributed by atoms with Crippen LogP contribution in [0, 0.1) is 6.92 Å². The van der Waals surface area contributed by atoms with E-state index in [1.165, 1.54) is 11.3 Å². The third kappa shape index (κ3) is 5.26. The topological polar surface area (TPSA) is 64.7 Å². The molecule has 9 heteroatoms. The van der Waals surface area contributed by atoms with Gasteiger partial charge in [-0.2, -0.15) is 0 Å². The molecule has 30 heavy (non-hydrogen) atoms. The van der Waals surface area contributed by atoms with Crippen LogP contribution in [0.15, 0.2) is 34.1 Å². The monoisotopic (exact) mass is 508 g/mol. The van der Waals surface area contributed by atoms with E-state index >= 15 is 0 Å². The second-order valence-corrected chi connectivity index (χ2v) is 10.9. The minimum Gasteiger partial charge on any atom is -0.337 e. The first-order valence-electron chi connectivity index (χ1n) is 9.55. The van der Waals surface area contributed by atoms with Gasteiger partial charge in [0.25, 0.3) is 5.91 Å². The van der Waals surface area contributed by atoms with Crippen molar-refractivity contribution in [3.63, 3.8) is 0 Å². The van der Waals surface area contributed by atoms with Crippen LogP contribution in [0.5, 0.6) is 0 Å². The second-order valence-electron chi connectivity index (χ2n) is 7.92. The molecular formula is C21H25BrN4O2S2. The molecule has 0 atom stereocenters. The number of nitrogens with zero attached hydrogens (tertiary/aromatic N) is 2. The fourth-order valence-corrected chi connectivity index (χ4v) is 4.90. The molecule has 1 fully saturated rings. The third-order valence-electron chi connectivity index (χ3n) is 4.95. The highest BCUT2D eigenvalue weighted by molar-refractivity contribution is 9.11. The summed E-state index contributed by atoms with van der Waals surface area (Å²) in [6.07, 6.45) is 0. The first kappa shape index (κ1) is 22.9. The maximum Gasteiger partial charge on any atom is 0.262 e. The van der Waals surface area contributed by atoms with Crippen LogP contribution in [0.4, 0.5) is 11.4 Å². The fraction of sp³-hybridized carbons (Fsp3) is 0.381. The standard InChI is InChI=1S/C21H25BrN4O2S2/c1-13-11-14(5-6-15(13)26-10-9-25(4)12-18(26)29)23-20(28)21(2,3)24-19(27)16-7-8-17(22)30-16/h5-8,11H,9-10,12H2,1-4H3,(H,23,28)(H,24,27). The predicted octanol–water partition coefficient (Wildman–Crippen LogP) is 4.05. The van der Waals surface area contributed by atoms with E-state index in [-0.39, 0.29) is 11.8 Å². The van der Waals surface area contributed by atoms with E-state index in [0.717, 1.165) is 39.7 Å². The number of likely N-dealkylation sites (N-methyl/N-ethyl adjacent to an activating group) is 1. The Morgan fingerprint density at radius 1 is 1.20 bits per heavy atom. The number of thiophene rings is 1. The number of halogens is 1. The molecule has 2 aromatic rings. The van der Waals surface area contributed by atoms with Gasteiger partial charge in [0.2, 0.25) is 5.91 Å². The van der Waals surface area contributed by atoms with Crippen molar-refractivity contribution in [2.24, 2.45) is 0 Å². The molecule has 0 saturated carbocycles. The van der Waals surface area contributed by atoms with Gasteiger partial charge in [0, 0.05) is 31.0 Å². The van der Waals surface area contributed by atoms with Gasteiger partial charge in [-0.05, 0) is 79.6 Å². The SMILES string of the molecule is Cc1cc(NC(=O)C(C)(C)NC(=O)c2ccc(Br)s2)ccc1N1CCN(C)CC1=S. The number of thiocarbonyl (C=S) groups is 1. The molecule has 0 aliphatic carbocycles. The number of anilines is 2. The Morgan fingerprint density at radius 3 is 2.53 bits per heavy atom. The summed E-state index contributed by atoms with van der Waals surface area (Å²) in [6.45, 7) is 7.95. The number of carbonyl (C=O) groups is 2. The number of piperazine rings is 1. The number of amides is 2. The van der Waals surface area contributed by atoms with Crippen LogP contribution in [0.2, 0.25) is 0 Å². The molecule has 0 unspecified atom stereocenters. The summed E-state index contributed by atoms with van der Waals surface area (Å²) < 4.78 is 0.866. The van der Waals surface area contributed by atoms with E-state index in [9.17, 15) is 9.59 Å². The normalized spacial score (nSPS) is 15.2. The van der Waals surface area contributed by atoms with Gasteiger partial charge in [0.05, 0.1) is 13.7 Å². The van der Waals surface area contributed by atoms with Gasteiger partial charge in [0.15, 0.2) is 0 Å².